The summed E-state index contributed by atoms with van der Waals surface area (Å²) in [6.45, 7) is 0. The van der Waals surface area contributed by atoms with Crippen LogP contribution in [-0.2, 0) is 26.2 Å². The van der Waals surface area contributed by atoms with E-state index in [4.69, 9.17) is 10.2 Å². The van der Waals surface area contributed by atoms with Gasteiger partial charge >= 0.3 is 11.9 Å². The minimum atomic E-state index is -1.06. The fraction of sp³-hybridized carbons (Fsp3) is 0. The zero-order valence-electron chi connectivity index (χ0n) is 8.68. The van der Waals surface area contributed by atoms with Crippen LogP contribution in [0.3, 0.4) is 0 Å². The summed E-state index contributed by atoms with van der Waals surface area (Å²) in [5.74, 6) is -2.12. The number of carbonyl (C=O) groups is 2. The molecule has 0 bridgehead atoms. The van der Waals surface area contributed by atoms with Crippen LogP contribution < -0.4 is 0 Å². The summed E-state index contributed by atoms with van der Waals surface area (Å²) in [7, 11) is 0. The zero-order chi connectivity index (χ0) is 11.7. The average Bonchev–Trinajstić information content (AvgIpc) is 2.27. The predicted octanol–water partition coefficient (Wildman–Crippen LogP) is 2.23. The summed E-state index contributed by atoms with van der Waals surface area (Å²) in [5.41, 5.74) is 0.223. The van der Waals surface area contributed by atoms with Crippen LogP contribution in [0.4, 0.5) is 0 Å². The minimum Gasteiger partial charge on any atom is -0.478 e. The number of hydrogen-bond donors (Lipinski definition) is 2. The molecule has 0 radical (unpaired) electrons. The van der Waals surface area contributed by atoms with E-state index in [0.717, 1.165) is 0 Å². The van der Waals surface area contributed by atoms with E-state index in [1.54, 1.807) is 12.1 Å². The first kappa shape index (κ1) is 13.6. The summed E-state index contributed by atoms with van der Waals surface area (Å²) >= 11 is 0. The van der Waals surface area contributed by atoms with Crippen LogP contribution >= 0.6 is 0 Å². The molecule has 0 aliphatic heterocycles. The number of benzene rings is 2. The molecule has 0 amide bonds. The fourth-order valence-electron chi connectivity index (χ4n) is 1.68. The van der Waals surface area contributed by atoms with Gasteiger partial charge in [-0.25, -0.2) is 9.59 Å². The third-order valence-electron chi connectivity index (χ3n) is 2.38. The van der Waals surface area contributed by atoms with Crippen molar-refractivity contribution in [3.63, 3.8) is 0 Å². The van der Waals surface area contributed by atoms with Gasteiger partial charge in [0.05, 0.1) is 11.1 Å². The molecule has 0 spiro atoms. The molecule has 0 heterocycles. The topological polar surface area (TPSA) is 74.6 Å². The van der Waals surface area contributed by atoms with Crippen molar-refractivity contribution < 1.29 is 46.0 Å². The third kappa shape index (κ3) is 2.44. The van der Waals surface area contributed by atoms with E-state index in [-0.39, 0.29) is 37.3 Å². The average molecular weight is 307 g/mol. The molecule has 2 rings (SSSR count). The first-order valence-corrected chi connectivity index (χ1v) is 4.59. The van der Waals surface area contributed by atoms with Crippen LogP contribution in [0.15, 0.2) is 36.4 Å². The Hall–Kier alpha value is -1.48. The van der Waals surface area contributed by atoms with Crippen molar-refractivity contribution in [3.8, 4) is 0 Å². The molecule has 0 fully saturated rings. The Morgan fingerprint density at radius 3 is 1.41 bits per heavy atom. The number of aromatic carboxylic acids is 2. The molecule has 2 N–H and O–H groups in total. The van der Waals surface area contributed by atoms with Crippen LogP contribution in [-0.4, -0.2) is 22.2 Å². The van der Waals surface area contributed by atoms with E-state index < -0.39 is 11.9 Å². The van der Waals surface area contributed by atoms with Crippen LogP contribution in [0.5, 0.6) is 0 Å². The maximum Gasteiger partial charge on any atom is 0.336 e. The number of carboxylic acid groups (broad SMARTS) is 2. The van der Waals surface area contributed by atoms with Gasteiger partial charge in [-0.05, 0) is 22.9 Å². The summed E-state index contributed by atoms with van der Waals surface area (Å²) < 4.78 is 0. The monoisotopic (exact) mass is 306 g/mol. The largest absolute Gasteiger partial charge is 0.478 e. The van der Waals surface area contributed by atoms with Crippen molar-refractivity contribution in [2.75, 3.05) is 0 Å². The molecule has 0 atom stereocenters. The van der Waals surface area contributed by atoms with Gasteiger partial charge in [-0.2, -0.15) is 0 Å². The Balaban J connectivity index is 0.00000144. The minimum absolute atomic E-state index is 0. The van der Waals surface area contributed by atoms with E-state index in [0.29, 0.717) is 10.8 Å². The molecule has 0 aliphatic rings. The van der Waals surface area contributed by atoms with E-state index in [1.807, 2.05) is 0 Å². The Bertz CT molecular complexity index is 539. The van der Waals surface area contributed by atoms with E-state index >= 15 is 0 Å². The summed E-state index contributed by atoms with van der Waals surface area (Å²) in [5, 5.41) is 18.8. The van der Waals surface area contributed by atoms with Gasteiger partial charge in [0.15, 0.2) is 0 Å². The molecule has 5 heteroatoms. The van der Waals surface area contributed by atoms with Gasteiger partial charge in [-0.1, -0.05) is 24.3 Å². The van der Waals surface area contributed by atoms with Crippen molar-refractivity contribution in [2.45, 2.75) is 0 Å². The molecule has 84 valence electrons. The fourth-order valence-corrected chi connectivity index (χ4v) is 1.68. The van der Waals surface area contributed by atoms with E-state index in [1.165, 1.54) is 24.3 Å². The van der Waals surface area contributed by atoms with Crippen LogP contribution in [0.2, 0.25) is 0 Å². The molecule has 17 heavy (non-hydrogen) atoms. The normalized spacial score (nSPS) is 9.65. The molecule has 0 aromatic heterocycles. The van der Waals surface area contributed by atoms with Gasteiger partial charge < -0.3 is 10.2 Å². The van der Waals surface area contributed by atoms with Gasteiger partial charge in [0.1, 0.15) is 0 Å². The van der Waals surface area contributed by atoms with Crippen molar-refractivity contribution in [1.82, 2.24) is 0 Å². The molecule has 2 aromatic rings. The molecule has 2 aromatic carbocycles. The first-order valence-electron chi connectivity index (χ1n) is 4.59. The maximum atomic E-state index is 10.9. The number of rotatable bonds is 2. The Labute approximate surface area is 116 Å². The molecule has 0 aliphatic carbocycles. The third-order valence-corrected chi connectivity index (χ3v) is 2.38. The zero-order valence-corrected chi connectivity index (χ0v) is 11.1. The van der Waals surface area contributed by atoms with Gasteiger partial charge in [0.25, 0.3) is 0 Å². The number of carboxylic acids is 2. The molecular formula is C12H8O4Zr. The van der Waals surface area contributed by atoms with Crippen molar-refractivity contribution >= 4 is 22.7 Å². The van der Waals surface area contributed by atoms with Gasteiger partial charge in [0, 0.05) is 26.2 Å². The summed E-state index contributed by atoms with van der Waals surface area (Å²) in [6, 6.07) is 9.19. The second kappa shape index (κ2) is 5.24. The number of fused-ring (bicyclic) bond motifs is 1. The first-order chi connectivity index (χ1) is 7.61. The van der Waals surface area contributed by atoms with Crippen LogP contribution in [0.1, 0.15) is 20.7 Å². The molecule has 0 saturated carbocycles. The second-order valence-electron chi connectivity index (χ2n) is 3.32. The Kier molecular flexibility index (Phi) is 4.18. The smallest absolute Gasteiger partial charge is 0.336 e. The summed E-state index contributed by atoms with van der Waals surface area (Å²) in [6.07, 6.45) is 0. The summed E-state index contributed by atoms with van der Waals surface area (Å²) in [4.78, 5) is 21.9. The maximum absolute atomic E-state index is 10.9. The molecule has 0 unspecified atom stereocenters. The van der Waals surface area contributed by atoms with Gasteiger partial charge in [0.2, 0.25) is 0 Å². The van der Waals surface area contributed by atoms with E-state index in [2.05, 4.69) is 0 Å². The van der Waals surface area contributed by atoms with Gasteiger partial charge in [-0.15, -0.1) is 0 Å². The SMILES string of the molecule is O=C(O)c1cccc2c(C(=O)O)cccc12.[Zr]. The van der Waals surface area contributed by atoms with Crippen LogP contribution in [0.25, 0.3) is 10.8 Å². The predicted molar refractivity (Wildman–Crippen MR) is 57.9 cm³/mol. The van der Waals surface area contributed by atoms with Crippen molar-refractivity contribution in [2.24, 2.45) is 0 Å². The van der Waals surface area contributed by atoms with Gasteiger partial charge in [-0.3, -0.25) is 0 Å². The molecule has 4 nitrogen and oxygen atoms in total. The Morgan fingerprint density at radius 2 is 1.12 bits per heavy atom. The van der Waals surface area contributed by atoms with Crippen molar-refractivity contribution in [3.05, 3.63) is 47.5 Å². The molecule has 0 saturated heterocycles. The second-order valence-corrected chi connectivity index (χ2v) is 3.32. The van der Waals surface area contributed by atoms with Crippen molar-refractivity contribution in [1.29, 1.82) is 0 Å². The molecular weight excluding hydrogens is 299 g/mol. The standard InChI is InChI=1S/C12H8O4.Zr/c13-11(14)9-5-1-3-7-8(9)4-2-6-10(7)12(15)16;/h1-6H,(H,13,14)(H,15,16);. The van der Waals surface area contributed by atoms with Crippen LogP contribution in [0, 0.1) is 0 Å². The quantitative estimate of drug-likeness (QED) is 0.892. The van der Waals surface area contributed by atoms with E-state index in [9.17, 15) is 9.59 Å². The number of hydrogen-bond acceptors (Lipinski definition) is 2. The Morgan fingerprint density at radius 1 is 0.765 bits per heavy atom.